The van der Waals surface area contributed by atoms with E-state index in [1.807, 2.05) is 32.0 Å². The van der Waals surface area contributed by atoms with Crippen LogP contribution in [0, 0.1) is 13.8 Å². The summed E-state index contributed by atoms with van der Waals surface area (Å²) in [6.07, 6.45) is 0. The molecule has 1 aliphatic rings. The minimum absolute atomic E-state index is 0.0821. The highest BCUT2D eigenvalue weighted by Gasteiger charge is 2.30. The minimum atomic E-state index is -3.67. The van der Waals surface area contributed by atoms with Crippen LogP contribution < -0.4 is 10.1 Å². The van der Waals surface area contributed by atoms with Crippen LogP contribution in [0.15, 0.2) is 47.4 Å². The third-order valence-corrected chi connectivity index (χ3v) is 7.00. The summed E-state index contributed by atoms with van der Waals surface area (Å²) in [6.45, 7) is 6.26. The maximum Gasteiger partial charge on any atom is 0.260 e. The van der Waals surface area contributed by atoms with Gasteiger partial charge in [-0.25, -0.2) is 8.42 Å². The van der Waals surface area contributed by atoms with Gasteiger partial charge in [-0.15, -0.1) is 0 Å². The van der Waals surface area contributed by atoms with Gasteiger partial charge in [0.1, 0.15) is 5.75 Å². The summed E-state index contributed by atoms with van der Waals surface area (Å²) in [5.41, 5.74) is 2.62. The molecule has 0 atom stereocenters. The van der Waals surface area contributed by atoms with E-state index in [2.05, 4.69) is 5.32 Å². The summed E-state index contributed by atoms with van der Waals surface area (Å²) in [4.78, 5) is 25.4. The third kappa shape index (κ3) is 5.62. The number of rotatable bonds is 6. The highest BCUT2D eigenvalue weighted by atomic mass is 32.2. The monoisotopic (exact) mass is 445 g/mol. The van der Waals surface area contributed by atoms with Crippen molar-refractivity contribution in [1.82, 2.24) is 9.21 Å². The molecule has 0 unspecified atom stereocenters. The smallest absolute Gasteiger partial charge is 0.260 e. The number of hydrogen-bond acceptors (Lipinski definition) is 5. The molecule has 1 aliphatic heterocycles. The fraction of sp³-hybridized carbons (Fsp3) is 0.364. The average molecular weight is 446 g/mol. The van der Waals surface area contributed by atoms with Gasteiger partial charge in [-0.05, 0) is 49.7 Å². The van der Waals surface area contributed by atoms with Crippen LogP contribution in [0.3, 0.4) is 0 Å². The van der Waals surface area contributed by atoms with E-state index < -0.39 is 10.0 Å². The molecular weight excluding hydrogens is 418 g/mol. The topological polar surface area (TPSA) is 96.0 Å². The minimum Gasteiger partial charge on any atom is -0.484 e. The van der Waals surface area contributed by atoms with E-state index in [-0.39, 0.29) is 36.4 Å². The molecule has 0 spiro atoms. The maximum absolute atomic E-state index is 12.9. The second-order valence-electron chi connectivity index (χ2n) is 7.55. The number of nitrogens with zero attached hydrogens (tertiary/aromatic N) is 2. The van der Waals surface area contributed by atoms with Crippen molar-refractivity contribution in [3.63, 3.8) is 0 Å². The van der Waals surface area contributed by atoms with Crippen molar-refractivity contribution < 1.29 is 22.7 Å². The number of ether oxygens (including phenoxy) is 1. The largest absolute Gasteiger partial charge is 0.484 e. The lowest BCUT2D eigenvalue weighted by Crippen LogP contribution is -2.51. The SMILES string of the molecule is CC(=O)Nc1ccc(S(=O)(=O)N2CCN(C(=O)COc3ccc(C)cc3C)CC2)cc1. The van der Waals surface area contributed by atoms with Crippen LogP contribution in [0.5, 0.6) is 5.75 Å². The quantitative estimate of drug-likeness (QED) is 0.735. The second-order valence-corrected chi connectivity index (χ2v) is 9.49. The van der Waals surface area contributed by atoms with Gasteiger partial charge < -0.3 is 15.0 Å². The Balaban J connectivity index is 1.55. The van der Waals surface area contributed by atoms with Gasteiger partial charge >= 0.3 is 0 Å². The van der Waals surface area contributed by atoms with E-state index in [0.29, 0.717) is 24.5 Å². The predicted octanol–water partition coefficient (Wildman–Crippen LogP) is 2.17. The second kappa shape index (κ2) is 9.49. The molecule has 2 aromatic rings. The summed E-state index contributed by atoms with van der Waals surface area (Å²) in [5, 5.41) is 2.61. The van der Waals surface area contributed by atoms with Crippen LogP contribution in [0.25, 0.3) is 0 Å². The number of hydrogen-bond donors (Lipinski definition) is 1. The first kappa shape index (κ1) is 22.8. The number of anilines is 1. The Bertz CT molecular complexity index is 1060. The lowest BCUT2D eigenvalue weighted by Gasteiger charge is -2.34. The van der Waals surface area contributed by atoms with Crippen molar-refractivity contribution in [2.75, 3.05) is 38.1 Å². The van der Waals surface area contributed by atoms with E-state index in [1.54, 1.807) is 17.0 Å². The first-order valence-corrected chi connectivity index (χ1v) is 11.5. The molecule has 1 N–H and O–H groups in total. The van der Waals surface area contributed by atoms with Gasteiger partial charge in [-0.1, -0.05) is 17.7 Å². The molecule has 166 valence electrons. The zero-order valence-corrected chi connectivity index (χ0v) is 18.7. The molecule has 1 saturated heterocycles. The zero-order valence-electron chi connectivity index (χ0n) is 17.9. The molecule has 3 rings (SSSR count). The number of benzene rings is 2. The van der Waals surface area contributed by atoms with Gasteiger partial charge in [0.15, 0.2) is 6.61 Å². The summed E-state index contributed by atoms with van der Waals surface area (Å²) >= 11 is 0. The van der Waals surface area contributed by atoms with E-state index in [1.165, 1.54) is 23.4 Å². The fourth-order valence-corrected chi connectivity index (χ4v) is 4.85. The van der Waals surface area contributed by atoms with Gasteiger partial charge in [-0.2, -0.15) is 4.31 Å². The molecule has 31 heavy (non-hydrogen) atoms. The normalized spacial score (nSPS) is 14.9. The first-order valence-electron chi connectivity index (χ1n) is 10.0. The van der Waals surface area contributed by atoms with Crippen molar-refractivity contribution in [3.05, 3.63) is 53.6 Å². The fourth-order valence-electron chi connectivity index (χ4n) is 3.43. The Morgan fingerprint density at radius 1 is 1.00 bits per heavy atom. The highest BCUT2D eigenvalue weighted by molar-refractivity contribution is 7.89. The van der Waals surface area contributed by atoms with Crippen LogP contribution in [-0.4, -0.2) is 62.2 Å². The number of nitrogens with one attached hydrogen (secondary N) is 1. The number of aryl methyl sites for hydroxylation is 2. The average Bonchev–Trinajstić information content (AvgIpc) is 2.73. The lowest BCUT2D eigenvalue weighted by atomic mass is 10.1. The summed E-state index contributed by atoms with van der Waals surface area (Å²) < 4.78 is 32.8. The molecule has 8 nitrogen and oxygen atoms in total. The van der Waals surface area contributed by atoms with Gasteiger partial charge in [-0.3, -0.25) is 9.59 Å². The Hall–Kier alpha value is -2.91. The summed E-state index contributed by atoms with van der Waals surface area (Å²) in [7, 11) is -3.67. The van der Waals surface area contributed by atoms with Crippen LogP contribution >= 0.6 is 0 Å². The van der Waals surface area contributed by atoms with Crippen LogP contribution in [-0.2, 0) is 19.6 Å². The molecule has 2 amide bonds. The predicted molar refractivity (Wildman–Crippen MR) is 117 cm³/mol. The summed E-state index contributed by atoms with van der Waals surface area (Å²) in [6, 6.07) is 11.8. The number of piperazine rings is 1. The Kier molecular flexibility index (Phi) is 6.97. The molecule has 9 heteroatoms. The summed E-state index contributed by atoms with van der Waals surface area (Å²) in [5.74, 6) is 0.275. The molecule has 1 fully saturated rings. The molecule has 0 aromatic heterocycles. The number of carbonyl (C=O) groups is 2. The van der Waals surface area contributed by atoms with Crippen LogP contribution in [0.1, 0.15) is 18.1 Å². The molecule has 0 saturated carbocycles. The molecular formula is C22H27N3O5S. The van der Waals surface area contributed by atoms with E-state index in [4.69, 9.17) is 4.74 Å². The number of amides is 2. The van der Waals surface area contributed by atoms with Crippen molar-refractivity contribution in [1.29, 1.82) is 0 Å². The highest BCUT2D eigenvalue weighted by Crippen LogP contribution is 2.21. The van der Waals surface area contributed by atoms with Crippen LogP contribution in [0.2, 0.25) is 0 Å². The van der Waals surface area contributed by atoms with E-state index in [0.717, 1.165) is 11.1 Å². The Morgan fingerprint density at radius 2 is 1.65 bits per heavy atom. The maximum atomic E-state index is 12.9. The molecule has 1 heterocycles. The first-order chi connectivity index (χ1) is 14.7. The molecule has 0 bridgehead atoms. The van der Waals surface area contributed by atoms with Gasteiger partial charge in [0.05, 0.1) is 4.90 Å². The zero-order chi connectivity index (χ0) is 22.6. The van der Waals surface area contributed by atoms with Crippen LogP contribution in [0.4, 0.5) is 5.69 Å². The van der Waals surface area contributed by atoms with Gasteiger partial charge in [0.2, 0.25) is 15.9 Å². The van der Waals surface area contributed by atoms with Gasteiger partial charge in [0.25, 0.3) is 5.91 Å². The van der Waals surface area contributed by atoms with Gasteiger partial charge in [0, 0.05) is 38.8 Å². The molecule has 0 aliphatic carbocycles. The van der Waals surface area contributed by atoms with E-state index >= 15 is 0 Å². The number of carbonyl (C=O) groups excluding carboxylic acids is 2. The molecule has 2 aromatic carbocycles. The van der Waals surface area contributed by atoms with Crippen molar-refractivity contribution in [3.8, 4) is 5.75 Å². The third-order valence-electron chi connectivity index (χ3n) is 5.09. The standard InChI is InChI=1S/C22H27N3O5S/c1-16-4-9-21(17(2)14-16)30-15-22(27)24-10-12-25(13-11-24)31(28,29)20-7-5-19(6-8-20)23-18(3)26/h4-9,14H,10-13,15H2,1-3H3,(H,23,26). The van der Waals surface area contributed by atoms with Crippen molar-refractivity contribution >= 4 is 27.5 Å². The van der Waals surface area contributed by atoms with Crippen molar-refractivity contribution in [2.24, 2.45) is 0 Å². The Labute approximate surface area is 182 Å². The number of sulfonamides is 1. The Morgan fingerprint density at radius 3 is 2.23 bits per heavy atom. The lowest BCUT2D eigenvalue weighted by molar-refractivity contribution is -0.134. The molecule has 0 radical (unpaired) electrons. The van der Waals surface area contributed by atoms with E-state index in [9.17, 15) is 18.0 Å². The van der Waals surface area contributed by atoms with Crippen molar-refractivity contribution in [2.45, 2.75) is 25.7 Å².